The summed E-state index contributed by atoms with van der Waals surface area (Å²) < 4.78 is 5.88. The Hall–Kier alpha value is -1.96. The minimum atomic E-state index is 0.399. The van der Waals surface area contributed by atoms with Crippen LogP contribution >= 0.6 is 0 Å². The van der Waals surface area contributed by atoms with Crippen LogP contribution in [0, 0.1) is 11.8 Å². The fourth-order valence-electron chi connectivity index (χ4n) is 4.51. The molecule has 0 bridgehead atoms. The highest BCUT2D eigenvalue weighted by Crippen LogP contribution is 2.62. The van der Waals surface area contributed by atoms with Crippen LogP contribution in [0.4, 0.5) is 5.69 Å². The van der Waals surface area contributed by atoms with Crippen LogP contribution in [-0.4, -0.2) is 12.1 Å². The summed E-state index contributed by atoms with van der Waals surface area (Å²) in [6.07, 6.45) is 2.64. The first-order valence-electron chi connectivity index (χ1n) is 8.34. The molecule has 0 aromatic heterocycles. The van der Waals surface area contributed by atoms with Crippen molar-refractivity contribution in [1.82, 2.24) is 0 Å². The Balaban J connectivity index is 1.51. The van der Waals surface area contributed by atoms with Gasteiger partial charge in [-0.1, -0.05) is 31.5 Å². The van der Waals surface area contributed by atoms with Crippen LogP contribution in [0.2, 0.25) is 0 Å². The number of hydrogen-bond acceptors (Lipinski definition) is 2. The monoisotopic (exact) mass is 293 g/mol. The number of anilines is 1. The van der Waals surface area contributed by atoms with Gasteiger partial charge in [-0.05, 0) is 61.6 Å². The Kier molecular flexibility index (Phi) is 3.14. The summed E-state index contributed by atoms with van der Waals surface area (Å²) in [4.78, 5) is 2.61. The van der Waals surface area contributed by atoms with Crippen molar-refractivity contribution in [1.29, 1.82) is 0 Å². The molecule has 4 rings (SSSR count). The molecule has 0 spiro atoms. The molecule has 1 heterocycles. The van der Waals surface area contributed by atoms with Gasteiger partial charge >= 0.3 is 0 Å². The van der Waals surface area contributed by atoms with E-state index in [4.69, 9.17) is 4.74 Å². The number of ether oxygens (including phenoxy) is 1. The lowest BCUT2D eigenvalue weighted by Crippen LogP contribution is -2.34. The van der Waals surface area contributed by atoms with Crippen LogP contribution in [-0.2, 0) is 0 Å². The molecule has 1 saturated carbocycles. The third-order valence-corrected chi connectivity index (χ3v) is 5.69. The maximum absolute atomic E-state index is 5.88. The van der Waals surface area contributed by atoms with E-state index in [2.05, 4.69) is 43.0 Å². The number of fused-ring (bicyclic) bond motifs is 1. The molecule has 1 saturated heterocycles. The Bertz CT molecular complexity index is 645. The molecule has 0 radical (unpaired) electrons. The van der Waals surface area contributed by atoms with E-state index >= 15 is 0 Å². The maximum atomic E-state index is 5.88. The van der Waals surface area contributed by atoms with E-state index < -0.39 is 0 Å². The fraction of sp³-hybridized carbons (Fsp3) is 0.400. The van der Waals surface area contributed by atoms with Crippen LogP contribution in [0.3, 0.4) is 0 Å². The molecule has 3 atom stereocenters. The normalized spacial score (nSPS) is 29.3. The minimum absolute atomic E-state index is 0.399. The predicted octanol–water partition coefficient (Wildman–Crippen LogP) is 5.10. The SMILES string of the molecule is CC[C@H]1[C@@H]2CCN(c3ccc(Oc4ccccc4)cc3)C12C. The van der Waals surface area contributed by atoms with Crippen molar-refractivity contribution in [2.45, 2.75) is 32.2 Å². The Labute approximate surface area is 132 Å². The second kappa shape index (κ2) is 5.05. The molecular weight excluding hydrogens is 270 g/mol. The highest BCUT2D eigenvalue weighted by atomic mass is 16.5. The molecule has 0 N–H and O–H groups in total. The van der Waals surface area contributed by atoms with E-state index in [9.17, 15) is 0 Å². The first kappa shape index (κ1) is 13.7. The summed E-state index contributed by atoms with van der Waals surface area (Å²) in [6.45, 7) is 5.95. The highest BCUT2D eigenvalue weighted by molar-refractivity contribution is 5.56. The van der Waals surface area contributed by atoms with Gasteiger partial charge in [-0.25, -0.2) is 0 Å². The molecule has 22 heavy (non-hydrogen) atoms. The molecule has 2 heteroatoms. The molecule has 2 aliphatic rings. The smallest absolute Gasteiger partial charge is 0.127 e. The fourth-order valence-corrected chi connectivity index (χ4v) is 4.51. The van der Waals surface area contributed by atoms with Crippen LogP contribution in [0.5, 0.6) is 11.5 Å². The van der Waals surface area contributed by atoms with E-state index in [0.29, 0.717) is 5.54 Å². The summed E-state index contributed by atoms with van der Waals surface area (Å²) in [6, 6.07) is 18.5. The van der Waals surface area contributed by atoms with Gasteiger partial charge in [0.15, 0.2) is 0 Å². The van der Waals surface area contributed by atoms with Crippen LogP contribution < -0.4 is 9.64 Å². The van der Waals surface area contributed by atoms with E-state index in [0.717, 1.165) is 23.3 Å². The van der Waals surface area contributed by atoms with Crippen LogP contribution in [0.25, 0.3) is 0 Å². The van der Waals surface area contributed by atoms with Crippen molar-refractivity contribution in [3.05, 3.63) is 54.6 Å². The number of benzene rings is 2. The van der Waals surface area contributed by atoms with Crippen molar-refractivity contribution in [3.8, 4) is 11.5 Å². The van der Waals surface area contributed by atoms with Gasteiger partial charge < -0.3 is 9.64 Å². The average molecular weight is 293 g/mol. The summed E-state index contributed by atoms with van der Waals surface area (Å²) >= 11 is 0. The topological polar surface area (TPSA) is 12.5 Å². The maximum Gasteiger partial charge on any atom is 0.127 e. The van der Waals surface area contributed by atoms with Gasteiger partial charge in [-0.15, -0.1) is 0 Å². The summed E-state index contributed by atoms with van der Waals surface area (Å²) in [5, 5.41) is 0. The van der Waals surface area contributed by atoms with Gasteiger partial charge in [-0.2, -0.15) is 0 Å². The molecule has 1 unspecified atom stereocenters. The zero-order valence-electron chi connectivity index (χ0n) is 13.3. The molecule has 2 fully saturated rings. The van der Waals surface area contributed by atoms with Gasteiger partial charge in [0, 0.05) is 17.8 Å². The third kappa shape index (κ3) is 2.01. The number of hydrogen-bond donors (Lipinski definition) is 0. The molecule has 2 nitrogen and oxygen atoms in total. The van der Waals surface area contributed by atoms with Crippen molar-refractivity contribution in [2.24, 2.45) is 11.8 Å². The van der Waals surface area contributed by atoms with Crippen molar-refractivity contribution in [2.75, 3.05) is 11.4 Å². The lowest BCUT2D eigenvalue weighted by Gasteiger charge is -2.29. The predicted molar refractivity (Wildman–Crippen MR) is 90.6 cm³/mol. The van der Waals surface area contributed by atoms with Crippen molar-refractivity contribution < 1.29 is 4.74 Å². The Morgan fingerprint density at radius 2 is 1.73 bits per heavy atom. The molecule has 1 aliphatic heterocycles. The zero-order chi connectivity index (χ0) is 15.2. The lowest BCUT2D eigenvalue weighted by atomic mass is 10.1. The summed E-state index contributed by atoms with van der Waals surface area (Å²) in [7, 11) is 0. The molecule has 2 aromatic carbocycles. The number of para-hydroxylation sites is 1. The van der Waals surface area contributed by atoms with E-state index in [1.807, 2.05) is 30.3 Å². The molecule has 0 amide bonds. The molecule has 114 valence electrons. The van der Waals surface area contributed by atoms with E-state index in [1.165, 1.54) is 25.1 Å². The van der Waals surface area contributed by atoms with Crippen LogP contribution in [0.1, 0.15) is 26.7 Å². The van der Waals surface area contributed by atoms with E-state index in [-0.39, 0.29) is 0 Å². The minimum Gasteiger partial charge on any atom is -0.457 e. The van der Waals surface area contributed by atoms with E-state index in [1.54, 1.807) is 0 Å². The second-order valence-corrected chi connectivity index (χ2v) is 6.70. The zero-order valence-corrected chi connectivity index (χ0v) is 13.3. The lowest BCUT2D eigenvalue weighted by molar-refractivity contribution is 0.482. The Morgan fingerprint density at radius 1 is 1.05 bits per heavy atom. The number of rotatable bonds is 4. The largest absolute Gasteiger partial charge is 0.457 e. The Morgan fingerprint density at radius 3 is 2.36 bits per heavy atom. The van der Waals surface area contributed by atoms with Crippen molar-refractivity contribution >= 4 is 5.69 Å². The first-order chi connectivity index (χ1) is 10.7. The standard InChI is InChI=1S/C20H23NO/c1-3-18-19-13-14-21(20(18,19)2)15-9-11-17(12-10-15)22-16-7-5-4-6-8-16/h4-12,18-19H,3,13-14H2,1-2H3/t18-,19-,20?/m0/s1. The highest BCUT2D eigenvalue weighted by Gasteiger charge is 2.66. The molecule has 2 aromatic rings. The van der Waals surface area contributed by atoms with Gasteiger partial charge in [0.2, 0.25) is 0 Å². The van der Waals surface area contributed by atoms with Crippen molar-refractivity contribution in [3.63, 3.8) is 0 Å². The first-order valence-corrected chi connectivity index (χ1v) is 8.34. The van der Waals surface area contributed by atoms with Gasteiger partial charge in [0.1, 0.15) is 11.5 Å². The summed E-state index contributed by atoms with van der Waals surface area (Å²) in [5.41, 5.74) is 1.73. The number of piperidine rings is 1. The van der Waals surface area contributed by atoms with Crippen LogP contribution in [0.15, 0.2) is 54.6 Å². The van der Waals surface area contributed by atoms with Gasteiger partial charge in [0.05, 0.1) is 0 Å². The quantitative estimate of drug-likeness (QED) is 0.777. The third-order valence-electron chi connectivity index (χ3n) is 5.69. The molecule has 1 aliphatic carbocycles. The van der Waals surface area contributed by atoms with Gasteiger partial charge in [0.25, 0.3) is 0 Å². The summed E-state index contributed by atoms with van der Waals surface area (Å²) in [5.74, 6) is 3.56. The second-order valence-electron chi connectivity index (χ2n) is 6.70. The average Bonchev–Trinajstić information content (AvgIpc) is 2.98. The number of nitrogens with zero attached hydrogens (tertiary/aromatic N) is 1. The molecular formula is C20H23NO. The van der Waals surface area contributed by atoms with Gasteiger partial charge in [-0.3, -0.25) is 0 Å².